The maximum Gasteiger partial charge on any atom is 0.257 e. The quantitative estimate of drug-likeness (QED) is 0.644. The van der Waals surface area contributed by atoms with Gasteiger partial charge in [0.2, 0.25) is 5.91 Å². The zero-order valence-electron chi connectivity index (χ0n) is 19.4. The molecule has 2 amide bonds. The Kier molecular flexibility index (Phi) is 7.24. The van der Waals surface area contributed by atoms with Gasteiger partial charge in [-0.2, -0.15) is 5.10 Å². The molecule has 0 bridgehead atoms. The number of likely N-dealkylation sites (N-methyl/N-ethyl adjacent to an activating group) is 1. The van der Waals surface area contributed by atoms with Crippen LogP contribution in [0.4, 0.5) is 0 Å². The van der Waals surface area contributed by atoms with Crippen molar-refractivity contribution in [3.8, 4) is 5.75 Å². The Morgan fingerprint density at radius 2 is 1.91 bits per heavy atom. The SMILES string of the molecule is CN1CCN(C(=O)CC2(COc3cccc(Cl)c3)CCCN(C(=O)c3cnn(C)c3)C2)CC1. The first-order valence-electron chi connectivity index (χ1n) is 11.5. The molecule has 0 spiro atoms. The third-order valence-corrected chi connectivity index (χ3v) is 6.86. The lowest BCUT2D eigenvalue weighted by Crippen LogP contribution is -2.53. The molecule has 4 rings (SSSR count). The lowest BCUT2D eigenvalue weighted by Gasteiger charge is -2.43. The fraction of sp³-hybridized carbons (Fsp3) is 0.542. The second-order valence-electron chi connectivity index (χ2n) is 9.34. The van der Waals surface area contributed by atoms with Crippen molar-refractivity contribution in [3.63, 3.8) is 0 Å². The van der Waals surface area contributed by atoms with Crippen molar-refractivity contribution in [1.29, 1.82) is 0 Å². The number of aryl methyl sites for hydroxylation is 1. The van der Waals surface area contributed by atoms with E-state index in [2.05, 4.69) is 17.0 Å². The summed E-state index contributed by atoms with van der Waals surface area (Å²) in [6, 6.07) is 7.29. The van der Waals surface area contributed by atoms with Crippen LogP contribution in [-0.4, -0.2) is 89.2 Å². The maximum atomic E-state index is 13.3. The number of hydrogen-bond acceptors (Lipinski definition) is 5. The molecule has 178 valence electrons. The van der Waals surface area contributed by atoms with E-state index in [1.54, 1.807) is 36.3 Å². The molecule has 0 N–H and O–H groups in total. The van der Waals surface area contributed by atoms with Gasteiger partial charge >= 0.3 is 0 Å². The lowest BCUT2D eigenvalue weighted by atomic mass is 9.77. The molecule has 0 radical (unpaired) electrons. The number of carbonyl (C=O) groups excluding carboxylic acids is 2. The molecule has 1 aromatic carbocycles. The second-order valence-corrected chi connectivity index (χ2v) is 9.78. The van der Waals surface area contributed by atoms with Gasteiger partial charge in [-0.05, 0) is 38.1 Å². The number of ether oxygens (including phenoxy) is 1. The zero-order valence-corrected chi connectivity index (χ0v) is 20.1. The third-order valence-electron chi connectivity index (χ3n) is 6.62. The van der Waals surface area contributed by atoms with Crippen LogP contribution in [-0.2, 0) is 11.8 Å². The molecule has 8 nitrogen and oxygen atoms in total. The summed E-state index contributed by atoms with van der Waals surface area (Å²) in [5.74, 6) is 0.750. The highest BCUT2D eigenvalue weighted by atomic mass is 35.5. The summed E-state index contributed by atoms with van der Waals surface area (Å²) >= 11 is 6.13. The van der Waals surface area contributed by atoms with Crippen molar-refractivity contribution in [2.45, 2.75) is 19.3 Å². The molecule has 2 aliphatic heterocycles. The molecule has 0 saturated carbocycles. The number of piperazine rings is 1. The Morgan fingerprint density at radius 1 is 1.12 bits per heavy atom. The van der Waals surface area contributed by atoms with Crippen LogP contribution in [0.15, 0.2) is 36.7 Å². The number of carbonyl (C=O) groups is 2. The van der Waals surface area contributed by atoms with Crippen LogP contribution in [0.1, 0.15) is 29.6 Å². The Hall–Kier alpha value is -2.58. The van der Waals surface area contributed by atoms with Crippen LogP contribution in [0.3, 0.4) is 0 Å². The van der Waals surface area contributed by atoms with Gasteiger partial charge in [-0.3, -0.25) is 14.3 Å². The zero-order chi connectivity index (χ0) is 23.4. The van der Waals surface area contributed by atoms with Crippen molar-refractivity contribution in [3.05, 3.63) is 47.2 Å². The fourth-order valence-corrected chi connectivity index (χ4v) is 4.87. The number of likely N-dealkylation sites (tertiary alicyclic amines) is 1. The number of aromatic nitrogens is 2. The van der Waals surface area contributed by atoms with E-state index in [4.69, 9.17) is 16.3 Å². The molecule has 33 heavy (non-hydrogen) atoms. The molecule has 2 aliphatic rings. The third kappa shape index (κ3) is 5.86. The summed E-state index contributed by atoms with van der Waals surface area (Å²) in [5, 5.41) is 4.74. The molecular formula is C24H32ClN5O3. The van der Waals surface area contributed by atoms with Gasteiger partial charge in [-0.1, -0.05) is 17.7 Å². The number of nitrogens with zero attached hydrogens (tertiary/aromatic N) is 5. The topological polar surface area (TPSA) is 70.9 Å². The van der Waals surface area contributed by atoms with Gasteiger partial charge in [0.15, 0.2) is 0 Å². The first-order chi connectivity index (χ1) is 15.8. The van der Waals surface area contributed by atoms with Crippen LogP contribution in [0.2, 0.25) is 5.02 Å². The Bertz CT molecular complexity index is 988. The predicted octanol–water partition coefficient (Wildman–Crippen LogP) is 2.54. The first kappa shape index (κ1) is 23.6. The van der Waals surface area contributed by atoms with Crippen LogP contribution in [0.5, 0.6) is 5.75 Å². The molecule has 0 aliphatic carbocycles. The Morgan fingerprint density at radius 3 is 2.61 bits per heavy atom. The standard InChI is InChI=1S/C24H32ClN5O3/c1-27-9-11-29(12-10-27)22(31)14-24(18-33-21-6-3-5-20(25)13-21)7-4-8-30(17-24)23(32)19-15-26-28(2)16-19/h3,5-6,13,15-16H,4,7-12,14,17-18H2,1-2H3. The number of halogens is 1. The van der Waals surface area contributed by atoms with Gasteiger partial charge in [0.1, 0.15) is 5.75 Å². The van der Waals surface area contributed by atoms with Crippen LogP contribution < -0.4 is 4.74 Å². The summed E-state index contributed by atoms with van der Waals surface area (Å²) < 4.78 is 7.78. The highest BCUT2D eigenvalue weighted by Gasteiger charge is 2.41. The first-order valence-corrected chi connectivity index (χ1v) is 11.8. The highest BCUT2D eigenvalue weighted by Crippen LogP contribution is 2.36. The Labute approximate surface area is 200 Å². The molecule has 2 aromatic rings. The van der Waals surface area contributed by atoms with Crippen molar-refractivity contribution >= 4 is 23.4 Å². The number of rotatable bonds is 6. The van der Waals surface area contributed by atoms with Crippen molar-refractivity contribution in [1.82, 2.24) is 24.5 Å². The van der Waals surface area contributed by atoms with Gasteiger partial charge < -0.3 is 19.4 Å². The number of piperidine rings is 1. The van der Waals surface area contributed by atoms with E-state index >= 15 is 0 Å². The maximum absolute atomic E-state index is 13.3. The van der Waals surface area contributed by atoms with Crippen LogP contribution in [0, 0.1) is 5.41 Å². The molecular weight excluding hydrogens is 442 g/mol. The summed E-state index contributed by atoms with van der Waals surface area (Å²) in [7, 11) is 3.87. The molecule has 1 unspecified atom stereocenters. The average Bonchev–Trinajstić information content (AvgIpc) is 3.24. The van der Waals surface area contributed by atoms with E-state index in [0.29, 0.717) is 42.5 Å². The van der Waals surface area contributed by atoms with Gasteiger partial charge in [0.05, 0.1) is 18.4 Å². The van der Waals surface area contributed by atoms with E-state index in [1.807, 2.05) is 21.9 Å². The van der Waals surface area contributed by atoms with E-state index in [0.717, 1.165) is 39.0 Å². The van der Waals surface area contributed by atoms with E-state index < -0.39 is 5.41 Å². The highest BCUT2D eigenvalue weighted by molar-refractivity contribution is 6.30. The number of benzene rings is 1. The van der Waals surface area contributed by atoms with Gasteiger partial charge in [-0.15, -0.1) is 0 Å². The summed E-state index contributed by atoms with van der Waals surface area (Å²) in [5.41, 5.74) is 0.105. The van der Waals surface area contributed by atoms with Gasteiger partial charge in [-0.25, -0.2) is 0 Å². The predicted molar refractivity (Wildman–Crippen MR) is 126 cm³/mol. The van der Waals surface area contributed by atoms with Gasteiger partial charge in [0, 0.05) is 69.4 Å². The van der Waals surface area contributed by atoms with Crippen LogP contribution in [0.25, 0.3) is 0 Å². The lowest BCUT2D eigenvalue weighted by molar-refractivity contribution is -0.137. The molecule has 1 atom stereocenters. The Balaban J connectivity index is 1.52. The minimum Gasteiger partial charge on any atom is -0.493 e. The van der Waals surface area contributed by atoms with Crippen molar-refractivity contribution in [2.24, 2.45) is 12.5 Å². The minimum absolute atomic E-state index is 0.0537. The molecule has 2 saturated heterocycles. The largest absolute Gasteiger partial charge is 0.493 e. The normalized spacial score (nSPS) is 21.8. The second kappa shape index (κ2) is 10.1. The summed E-state index contributed by atoms with van der Waals surface area (Å²) in [6.45, 7) is 4.71. The molecule has 2 fully saturated rings. The van der Waals surface area contributed by atoms with Crippen LogP contribution >= 0.6 is 11.6 Å². The van der Waals surface area contributed by atoms with E-state index in [1.165, 1.54) is 0 Å². The van der Waals surface area contributed by atoms with Crippen molar-refractivity contribution in [2.75, 3.05) is 52.9 Å². The monoisotopic (exact) mass is 473 g/mol. The molecule has 1 aromatic heterocycles. The van der Waals surface area contributed by atoms with E-state index in [9.17, 15) is 9.59 Å². The van der Waals surface area contributed by atoms with E-state index in [-0.39, 0.29) is 11.8 Å². The van der Waals surface area contributed by atoms with Gasteiger partial charge in [0.25, 0.3) is 5.91 Å². The molecule has 9 heteroatoms. The fourth-order valence-electron chi connectivity index (χ4n) is 4.69. The molecule has 3 heterocycles. The summed E-state index contributed by atoms with van der Waals surface area (Å²) in [4.78, 5) is 32.5. The minimum atomic E-state index is -0.459. The smallest absolute Gasteiger partial charge is 0.257 e. The average molecular weight is 474 g/mol. The summed E-state index contributed by atoms with van der Waals surface area (Å²) in [6.07, 6.45) is 5.33. The van der Waals surface area contributed by atoms with Crippen molar-refractivity contribution < 1.29 is 14.3 Å². The number of amides is 2. The number of hydrogen-bond donors (Lipinski definition) is 0.